The minimum absolute atomic E-state index is 0.346. The van der Waals surface area contributed by atoms with Gasteiger partial charge in [-0.15, -0.1) is 0 Å². The van der Waals surface area contributed by atoms with E-state index in [1.54, 1.807) is 19.2 Å². The zero-order chi connectivity index (χ0) is 15.4. The summed E-state index contributed by atoms with van der Waals surface area (Å²) >= 11 is 6.04. The molecular formula is C17H20ClNO2. The van der Waals surface area contributed by atoms with E-state index in [4.69, 9.17) is 26.8 Å². The number of nitrogens with two attached hydrogens (primary N) is 1. The average Bonchev–Trinajstić information content (AvgIpc) is 2.48. The molecule has 2 N–H and O–H groups in total. The predicted octanol–water partition coefficient (Wildman–Crippen LogP) is 4.00. The Morgan fingerprint density at radius 1 is 1.10 bits per heavy atom. The van der Waals surface area contributed by atoms with Gasteiger partial charge >= 0.3 is 0 Å². The first kappa shape index (κ1) is 15.7. The van der Waals surface area contributed by atoms with Crippen molar-refractivity contribution in [3.05, 3.63) is 57.6 Å². The molecule has 0 aliphatic carbocycles. The van der Waals surface area contributed by atoms with Gasteiger partial charge in [0.15, 0.2) is 11.5 Å². The predicted molar refractivity (Wildman–Crippen MR) is 86.1 cm³/mol. The first-order valence-corrected chi connectivity index (χ1v) is 7.18. The van der Waals surface area contributed by atoms with Gasteiger partial charge in [0.2, 0.25) is 0 Å². The Kier molecular flexibility index (Phi) is 5.10. The third-order valence-corrected chi connectivity index (χ3v) is 3.71. The first-order chi connectivity index (χ1) is 10.0. The van der Waals surface area contributed by atoms with E-state index < -0.39 is 0 Å². The molecule has 0 fully saturated rings. The molecule has 0 aliphatic rings. The molecule has 0 radical (unpaired) electrons. The summed E-state index contributed by atoms with van der Waals surface area (Å²) in [5.74, 6) is 1.26. The van der Waals surface area contributed by atoms with Crippen molar-refractivity contribution in [2.75, 3.05) is 7.11 Å². The molecule has 21 heavy (non-hydrogen) atoms. The number of methoxy groups -OCH3 is 1. The highest BCUT2D eigenvalue weighted by molar-refractivity contribution is 6.30. The van der Waals surface area contributed by atoms with E-state index in [1.165, 1.54) is 11.1 Å². The normalized spacial score (nSPS) is 10.5. The maximum Gasteiger partial charge on any atom is 0.166 e. The van der Waals surface area contributed by atoms with Crippen LogP contribution in [0.5, 0.6) is 11.5 Å². The van der Waals surface area contributed by atoms with Crippen LogP contribution in [0.3, 0.4) is 0 Å². The largest absolute Gasteiger partial charge is 0.493 e. The molecule has 0 bridgehead atoms. The lowest BCUT2D eigenvalue weighted by atomic mass is 10.1. The number of hydrogen-bond donors (Lipinski definition) is 1. The smallest absolute Gasteiger partial charge is 0.166 e. The molecule has 0 amide bonds. The lowest BCUT2D eigenvalue weighted by Crippen LogP contribution is -2.05. The maximum atomic E-state index is 6.04. The van der Waals surface area contributed by atoms with Crippen molar-refractivity contribution in [2.24, 2.45) is 5.73 Å². The monoisotopic (exact) mass is 305 g/mol. The van der Waals surface area contributed by atoms with E-state index in [9.17, 15) is 0 Å². The highest BCUT2D eigenvalue weighted by Crippen LogP contribution is 2.35. The van der Waals surface area contributed by atoms with Gasteiger partial charge in [-0.3, -0.25) is 0 Å². The van der Waals surface area contributed by atoms with E-state index >= 15 is 0 Å². The van der Waals surface area contributed by atoms with Crippen LogP contribution in [0.4, 0.5) is 0 Å². The summed E-state index contributed by atoms with van der Waals surface area (Å²) in [5, 5.41) is 0.589. The zero-order valence-electron chi connectivity index (χ0n) is 12.6. The van der Waals surface area contributed by atoms with Crippen LogP contribution in [0.1, 0.15) is 22.3 Å². The molecule has 0 spiro atoms. The Morgan fingerprint density at radius 2 is 1.86 bits per heavy atom. The van der Waals surface area contributed by atoms with Crippen molar-refractivity contribution < 1.29 is 9.47 Å². The molecule has 0 saturated carbocycles. The molecule has 2 aromatic carbocycles. The Labute approximate surface area is 130 Å². The van der Waals surface area contributed by atoms with Crippen molar-refractivity contribution >= 4 is 11.6 Å². The summed E-state index contributed by atoms with van der Waals surface area (Å²) < 4.78 is 11.3. The van der Waals surface area contributed by atoms with Gasteiger partial charge < -0.3 is 15.2 Å². The standard InChI is InChI=1S/C17H20ClNO2/c1-11-4-5-13(6-12(11)2)10-21-17-14(9-19)7-15(18)8-16(17)20-3/h4-8H,9-10,19H2,1-3H3. The van der Waals surface area contributed by atoms with Crippen LogP contribution in [0.15, 0.2) is 30.3 Å². The average molecular weight is 306 g/mol. The van der Waals surface area contributed by atoms with Gasteiger partial charge in [-0.1, -0.05) is 29.8 Å². The second-order valence-electron chi connectivity index (χ2n) is 5.01. The molecule has 4 heteroatoms. The van der Waals surface area contributed by atoms with Crippen LogP contribution in [-0.2, 0) is 13.2 Å². The molecule has 0 aromatic heterocycles. The fourth-order valence-corrected chi connectivity index (χ4v) is 2.37. The molecule has 2 aromatic rings. The van der Waals surface area contributed by atoms with E-state index in [1.807, 2.05) is 0 Å². The number of halogens is 1. The van der Waals surface area contributed by atoms with Crippen LogP contribution in [0.2, 0.25) is 5.02 Å². The summed E-state index contributed by atoms with van der Waals surface area (Å²) in [5.41, 5.74) is 10.2. The third kappa shape index (κ3) is 3.69. The topological polar surface area (TPSA) is 44.5 Å². The maximum absolute atomic E-state index is 6.04. The van der Waals surface area contributed by atoms with E-state index in [0.717, 1.165) is 11.1 Å². The Balaban J connectivity index is 2.24. The Morgan fingerprint density at radius 3 is 2.48 bits per heavy atom. The van der Waals surface area contributed by atoms with Gasteiger partial charge in [0.05, 0.1) is 7.11 Å². The van der Waals surface area contributed by atoms with Crippen LogP contribution < -0.4 is 15.2 Å². The van der Waals surface area contributed by atoms with Gasteiger partial charge in [0.1, 0.15) is 6.61 Å². The number of rotatable bonds is 5. The summed E-state index contributed by atoms with van der Waals surface area (Å²) in [6.45, 7) is 4.99. The second-order valence-corrected chi connectivity index (χ2v) is 5.44. The van der Waals surface area contributed by atoms with E-state index in [-0.39, 0.29) is 0 Å². The molecule has 0 heterocycles. The number of aryl methyl sites for hydroxylation is 2. The number of benzene rings is 2. The van der Waals surface area contributed by atoms with Gasteiger partial charge in [0, 0.05) is 23.2 Å². The SMILES string of the molecule is COc1cc(Cl)cc(CN)c1OCc1ccc(C)c(C)c1. The first-order valence-electron chi connectivity index (χ1n) is 6.80. The molecule has 0 atom stereocenters. The molecule has 3 nitrogen and oxygen atoms in total. The minimum Gasteiger partial charge on any atom is -0.493 e. The zero-order valence-corrected chi connectivity index (χ0v) is 13.3. The molecular weight excluding hydrogens is 286 g/mol. The quantitative estimate of drug-likeness (QED) is 0.908. The minimum atomic E-state index is 0.346. The molecule has 0 aliphatic heterocycles. The Bertz CT molecular complexity index is 616. The van der Waals surface area contributed by atoms with Crippen LogP contribution in [0.25, 0.3) is 0 Å². The van der Waals surface area contributed by atoms with Crippen LogP contribution >= 0.6 is 11.6 Å². The van der Waals surface area contributed by atoms with Crippen molar-refractivity contribution in [2.45, 2.75) is 27.0 Å². The number of hydrogen-bond acceptors (Lipinski definition) is 3. The van der Waals surface area contributed by atoms with Crippen LogP contribution in [0, 0.1) is 13.8 Å². The van der Waals surface area contributed by atoms with Crippen molar-refractivity contribution in [1.29, 1.82) is 0 Å². The second kappa shape index (κ2) is 6.83. The van der Waals surface area contributed by atoms with Gasteiger partial charge in [-0.2, -0.15) is 0 Å². The van der Waals surface area contributed by atoms with Crippen molar-refractivity contribution in [1.82, 2.24) is 0 Å². The lowest BCUT2D eigenvalue weighted by molar-refractivity contribution is 0.281. The Hall–Kier alpha value is -1.71. The fourth-order valence-electron chi connectivity index (χ4n) is 2.14. The molecule has 0 unspecified atom stereocenters. The van der Waals surface area contributed by atoms with Crippen molar-refractivity contribution in [3.8, 4) is 11.5 Å². The summed E-state index contributed by atoms with van der Waals surface area (Å²) in [7, 11) is 1.59. The van der Waals surface area contributed by atoms with Gasteiger partial charge in [0.25, 0.3) is 0 Å². The third-order valence-electron chi connectivity index (χ3n) is 3.49. The highest BCUT2D eigenvalue weighted by atomic mass is 35.5. The van der Waals surface area contributed by atoms with Crippen molar-refractivity contribution in [3.63, 3.8) is 0 Å². The molecule has 2 rings (SSSR count). The van der Waals surface area contributed by atoms with Gasteiger partial charge in [-0.05, 0) is 36.6 Å². The van der Waals surface area contributed by atoms with Gasteiger partial charge in [-0.25, -0.2) is 0 Å². The molecule has 0 saturated heterocycles. The van der Waals surface area contributed by atoms with E-state index in [0.29, 0.717) is 29.7 Å². The van der Waals surface area contributed by atoms with E-state index in [2.05, 4.69) is 32.0 Å². The summed E-state index contributed by atoms with van der Waals surface area (Å²) in [6.07, 6.45) is 0. The molecule has 112 valence electrons. The number of ether oxygens (including phenoxy) is 2. The van der Waals surface area contributed by atoms with Crippen LogP contribution in [-0.4, -0.2) is 7.11 Å². The summed E-state index contributed by atoms with van der Waals surface area (Å²) in [6, 6.07) is 9.82. The highest BCUT2D eigenvalue weighted by Gasteiger charge is 2.12. The lowest BCUT2D eigenvalue weighted by Gasteiger charge is -2.15. The summed E-state index contributed by atoms with van der Waals surface area (Å²) in [4.78, 5) is 0. The fraction of sp³-hybridized carbons (Fsp3) is 0.294.